The van der Waals surface area contributed by atoms with E-state index < -0.39 is 0 Å². The van der Waals surface area contributed by atoms with Gasteiger partial charge in [0.05, 0.1) is 0 Å². The van der Waals surface area contributed by atoms with E-state index in [0.717, 1.165) is 0 Å². The van der Waals surface area contributed by atoms with Gasteiger partial charge in [-0.05, 0) is 13.0 Å². The Balaban J connectivity index is 2.08. The van der Waals surface area contributed by atoms with Crippen LogP contribution in [0.2, 0.25) is 0 Å². The minimum Gasteiger partial charge on any atom is -0.301 e. The lowest BCUT2D eigenvalue weighted by Gasteiger charge is -2.24. The first-order valence-corrected chi connectivity index (χ1v) is 4.64. The summed E-state index contributed by atoms with van der Waals surface area (Å²) in [6.07, 6.45) is 1.29. The van der Waals surface area contributed by atoms with E-state index >= 15 is 0 Å². The molecule has 1 nitrogen and oxygen atoms in total. The summed E-state index contributed by atoms with van der Waals surface area (Å²) < 4.78 is 0. The summed E-state index contributed by atoms with van der Waals surface area (Å²) >= 11 is 1.96. The topological polar surface area (TPSA) is 3.24 Å². The number of hydrogen-bond acceptors (Lipinski definition) is 2. The predicted molar refractivity (Wildman–Crippen MR) is 43.5 cm³/mol. The highest BCUT2D eigenvalue weighted by atomic mass is 32.2. The maximum absolute atomic E-state index is 2.50. The van der Waals surface area contributed by atoms with Crippen LogP contribution in [0.15, 0.2) is 0 Å². The van der Waals surface area contributed by atoms with Crippen molar-refractivity contribution in [3.63, 3.8) is 0 Å². The van der Waals surface area contributed by atoms with Crippen LogP contribution in [0.5, 0.6) is 0 Å². The van der Waals surface area contributed by atoms with Crippen molar-refractivity contribution in [1.29, 1.82) is 0 Å². The summed E-state index contributed by atoms with van der Waals surface area (Å²) in [6, 6.07) is 0. The zero-order valence-electron chi connectivity index (χ0n) is 5.97. The normalized spacial score (nSPS) is 22.3. The molecule has 0 unspecified atom stereocenters. The summed E-state index contributed by atoms with van der Waals surface area (Å²) in [7, 11) is 0. The van der Waals surface area contributed by atoms with Crippen molar-refractivity contribution >= 4 is 11.8 Å². The molecule has 53 valence electrons. The van der Waals surface area contributed by atoms with Crippen LogP contribution in [0.3, 0.4) is 0 Å². The molecular weight excluding hydrogens is 130 g/mol. The molecule has 0 aliphatic carbocycles. The molecule has 0 amide bonds. The number of hydrogen-bond donors (Lipinski definition) is 0. The molecule has 1 heterocycles. The SMILES string of the molecule is CCCN1C[CH]SCC1. The Morgan fingerprint density at radius 1 is 1.67 bits per heavy atom. The van der Waals surface area contributed by atoms with E-state index in [1.807, 2.05) is 11.8 Å². The molecule has 9 heavy (non-hydrogen) atoms. The van der Waals surface area contributed by atoms with Crippen LogP contribution in [-0.2, 0) is 0 Å². The fourth-order valence-electron chi connectivity index (χ4n) is 1.03. The van der Waals surface area contributed by atoms with Crippen LogP contribution in [0.1, 0.15) is 13.3 Å². The molecule has 1 saturated heterocycles. The highest BCUT2D eigenvalue weighted by Gasteiger charge is 2.07. The monoisotopic (exact) mass is 144 g/mol. The van der Waals surface area contributed by atoms with Crippen molar-refractivity contribution in [3.05, 3.63) is 5.75 Å². The smallest absolute Gasteiger partial charge is 0.0306 e. The van der Waals surface area contributed by atoms with Gasteiger partial charge >= 0.3 is 0 Å². The van der Waals surface area contributed by atoms with E-state index in [0.29, 0.717) is 0 Å². The predicted octanol–water partition coefficient (Wildman–Crippen LogP) is 1.61. The van der Waals surface area contributed by atoms with Gasteiger partial charge in [-0.2, -0.15) is 11.8 Å². The minimum absolute atomic E-state index is 1.19. The fraction of sp³-hybridized carbons (Fsp3) is 0.857. The summed E-state index contributed by atoms with van der Waals surface area (Å²) in [6.45, 7) is 5.99. The van der Waals surface area contributed by atoms with Crippen LogP contribution in [0, 0.1) is 5.75 Å². The fourth-order valence-corrected chi connectivity index (χ4v) is 1.88. The Morgan fingerprint density at radius 3 is 3.11 bits per heavy atom. The van der Waals surface area contributed by atoms with Gasteiger partial charge in [0.1, 0.15) is 0 Å². The van der Waals surface area contributed by atoms with Crippen molar-refractivity contribution < 1.29 is 0 Å². The maximum atomic E-state index is 2.50. The standard InChI is InChI=1S/C7H14NS/c1-2-3-8-4-6-9-7-5-8/h6H,2-5,7H2,1H3. The highest BCUT2D eigenvalue weighted by molar-refractivity contribution is 8.01. The Labute approximate surface area is 61.8 Å². The lowest BCUT2D eigenvalue weighted by atomic mass is 10.4. The molecule has 0 saturated carbocycles. The average Bonchev–Trinajstić information content (AvgIpc) is 1.91. The summed E-state index contributed by atoms with van der Waals surface area (Å²) in [4.78, 5) is 2.50. The quantitative estimate of drug-likeness (QED) is 0.579. The van der Waals surface area contributed by atoms with Gasteiger partial charge in [-0.1, -0.05) is 6.92 Å². The maximum Gasteiger partial charge on any atom is 0.0306 e. The van der Waals surface area contributed by atoms with Crippen LogP contribution < -0.4 is 0 Å². The lowest BCUT2D eigenvalue weighted by Crippen LogP contribution is -2.31. The summed E-state index contributed by atoms with van der Waals surface area (Å²) in [5, 5.41) is 0. The number of rotatable bonds is 2. The highest BCUT2D eigenvalue weighted by Crippen LogP contribution is 2.13. The van der Waals surface area contributed by atoms with Crippen molar-refractivity contribution in [2.24, 2.45) is 0 Å². The van der Waals surface area contributed by atoms with Crippen molar-refractivity contribution in [1.82, 2.24) is 4.90 Å². The van der Waals surface area contributed by atoms with Gasteiger partial charge in [0.25, 0.3) is 0 Å². The molecule has 0 atom stereocenters. The minimum atomic E-state index is 1.19. The third-order valence-electron chi connectivity index (χ3n) is 1.52. The molecule has 0 aromatic rings. The van der Waals surface area contributed by atoms with Gasteiger partial charge in [0.2, 0.25) is 0 Å². The second-order valence-electron chi connectivity index (χ2n) is 2.34. The second kappa shape index (κ2) is 4.18. The molecule has 1 aliphatic rings. The van der Waals surface area contributed by atoms with Crippen molar-refractivity contribution in [2.75, 3.05) is 25.4 Å². The van der Waals surface area contributed by atoms with Crippen molar-refractivity contribution in [3.8, 4) is 0 Å². The zero-order valence-corrected chi connectivity index (χ0v) is 6.78. The van der Waals surface area contributed by atoms with E-state index in [1.165, 1.54) is 31.8 Å². The van der Waals surface area contributed by atoms with E-state index in [1.54, 1.807) is 0 Å². The first kappa shape index (κ1) is 7.42. The summed E-state index contributed by atoms with van der Waals surface area (Å²) in [5.74, 6) is 3.60. The molecular formula is C7H14NS. The molecule has 1 aliphatic heterocycles. The van der Waals surface area contributed by atoms with E-state index in [9.17, 15) is 0 Å². The first-order valence-electron chi connectivity index (χ1n) is 3.59. The molecule has 1 radical (unpaired) electrons. The molecule has 1 fully saturated rings. The van der Waals surface area contributed by atoms with Crippen LogP contribution >= 0.6 is 11.8 Å². The van der Waals surface area contributed by atoms with Crippen molar-refractivity contribution in [2.45, 2.75) is 13.3 Å². The van der Waals surface area contributed by atoms with Gasteiger partial charge in [-0.15, -0.1) is 0 Å². The van der Waals surface area contributed by atoms with Crippen LogP contribution in [0.4, 0.5) is 0 Å². The molecule has 0 aromatic heterocycles. The van der Waals surface area contributed by atoms with E-state index in [4.69, 9.17) is 0 Å². The Hall–Kier alpha value is 0.310. The third-order valence-corrected chi connectivity index (χ3v) is 2.32. The lowest BCUT2D eigenvalue weighted by molar-refractivity contribution is 0.314. The van der Waals surface area contributed by atoms with Gasteiger partial charge in [-0.25, -0.2) is 0 Å². The average molecular weight is 144 g/mol. The molecule has 1 rings (SSSR count). The Kier molecular flexibility index (Phi) is 3.44. The molecule has 0 aromatic carbocycles. The van der Waals surface area contributed by atoms with Gasteiger partial charge < -0.3 is 4.90 Å². The molecule has 2 heteroatoms. The molecule has 0 spiro atoms. The van der Waals surface area contributed by atoms with Crippen LogP contribution in [-0.4, -0.2) is 30.3 Å². The summed E-state index contributed by atoms with van der Waals surface area (Å²) in [5.41, 5.74) is 0. The number of nitrogens with zero attached hydrogens (tertiary/aromatic N) is 1. The van der Waals surface area contributed by atoms with E-state index in [2.05, 4.69) is 17.6 Å². The van der Waals surface area contributed by atoms with E-state index in [-0.39, 0.29) is 0 Å². The zero-order chi connectivity index (χ0) is 6.53. The van der Waals surface area contributed by atoms with Gasteiger partial charge in [-0.3, -0.25) is 0 Å². The molecule has 0 bridgehead atoms. The Morgan fingerprint density at radius 2 is 2.56 bits per heavy atom. The number of thioether (sulfide) groups is 1. The van der Waals surface area contributed by atoms with Gasteiger partial charge in [0.15, 0.2) is 0 Å². The largest absolute Gasteiger partial charge is 0.301 e. The first-order chi connectivity index (χ1) is 4.43. The van der Waals surface area contributed by atoms with Crippen LogP contribution in [0.25, 0.3) is 0 Å². The molecule has 0 N–H and O–H groups in total. The van der Waals surface area contributed by atoms with Gasteiger partial charge in [0, 0.05) is 24.6 Å². The third kappa shape index (κ3) is 2.59. The second-order valence-corrected chi connectivity index (χ2v) is 3.41. The Bertz CT molecular complexity index is 66.6.